The van der Waals surface area contributed by atoms with Crippen molar-refractivity contribution in [2.75, 3.05) is 22.1 Å². The summed E-state index contributed by atoms with van der Waals surface area (Å²) < 4.78 is 0. The van der Waals surface area contributed by atoms with Crippen molar-refractivity contribution in [2.24, 2.45) is 5.92 Å². The quantitative estimate of drug-likeness (QED) is 0.807. The molecule has 6 nitrogen and oxygen atoms in total. The third-order valence-electron chi connectivity index (χ3n) is 4.18. The molecule has 0 saturated carbocycles. The second-order valence-corrected chi connectivity index (χ2v) is 7.09. The maximum absolute atomic E-state index is 12.5. The van der Waals surface area contributed by atoms with Crippen molar-refractivity contribution in [3.63, 3.8) is 0 Å². The van der Waals surface area contributed by atoms with E-state index in [1.165, 1.54) is 6.92 Å². The number of carbonyl (C=O) groups excluding carboxylic acids is 3. The van der Waals surface area contributed by atoms with Crippen LogP contribution < -0.4 is 15.5 Å². The summed E-state index contributed by atoms with van der Waals surface area (Å²) in [6, 6.07) is 11.7. The number of nitrogens with one attached hydrogen (secondary N) is 2. The number of carbonyl (C=O) groups is 3. The van der Waals surface area contributed by atoms with Gasteiger partial charge in [0.15, 0.2) is 0 Å². The Morgan fingerprint density at radius 3 is 2.41 bits per heavy atom. The minimum absolute atomic E-state index is 0.116. The zero-order chi connectivity index (χ0) is 19.6. The van der Waals surface area contributed by atoms with Gasteiger partial charge in [0, 0.05) is 36.3 Å². The van der Waals surface area contributed by atoms with Crippen LogP contribution in [0.15, 0.2) is 42.5 Å². The van der Waals surface area contributed by atoms with E-state index < -0.39 is 5.92 Å². The van der Waals surface area contributed by atoms with Gasteiger partial charge in [-0.15, -0.1) is 0 Å². The maximum Gasteiger partial charge on any atom is 0.229 e. The Morgan fingerprint density at radius 2 is 1.78 bits per heavy atom. The third-order valence-corrected chi connectivity index (χ3v) is 4.73. The average molecular weight is 406 g/mol. The Hall–Kier alpha value is -2.57. The van der Waals surface area contributed by atoms with Crippen molar-refractivity contribution >= 4 is 58.0 Å². The number of benzene rings is 2. The summed E-state index contributed by atoms with van der Waals surface area (Å²) in [5, 5.41) is 6.23. The molecular weight excluding hydrogens is 389 g/mol. The summed E-state index contributed by atoms with van der Waals surface area (Å²) in [6.45, 7) is 1.70. The van der Waals surface area contributed by atoms with E-state index in [-0.39, 0.29) is 30.7 Å². The first-order valence-electron chi connectivity index (χ1n) is 8.27. The van der Waals surface area contributed by atoms with E-state index in [0.717, 1.165) is 0 Å². The zero-order valence-electron chi connectivity index (χ0n) is 14.5. The Labute approximate surface area is 166 Å². The maximum atomic E-state index is 12.5. The second kappa shape index (κ2) is 7.98. The van der Waals surface area contributed by atoms with Gasteiger partial charge in [-0.3, -0.25) is 14.4 Å². The zero-order valence-corrected chi connectivity index (χ0v) is 16.0. The molecule has 1 fully saturated rings. The van der Waals surface area contributed by atoms with Crippen molar-refractivity contribution in [1.29, 1.82) is 0 Å². The molecule has 0 spiro atoms. The number of anilines is 3. The Balaban J connectivity index is 1.67. The van der Waals surface area contributed by atoms with Gasteiger partial charge in [-0.25, -0.2) is 0 Å². The molecule has 1 saturated heterocycles. The highest BCUT2D eigenvalue weighted by Crippen LogP contribution is 2.29. The molecule has 1 unspecified atom stereocenters. The molecule has 3 rings (SSSR count). The van der Waals surface area contributed by atoms with Gasteiger partial charge in [0.2, 0.25) is 17.7 Å². The lowest BCUT2D eigenvalue weighted by Crippen LogP contribution is -2.28. The van der Waals surface area contributed by atoms with Gasteiger partial charge in [-0.05, 0) is 42.5 Å². The second-order valence-electron chi connectivity index (χ2n) is 6.25. The lowest BCUT2D eigenvalue weighted by Gasteiger charge is -2.17. The molecule has 3 amide bonds. The molecule has 27 heavy (non-hydrogen) atoms. The van der Waals surface area contributed by atoms with Crippen LogP contribution in [0.2, 0.25) is 10.0 Å². The first-order chi connectivity index (χ1) is 12.8. The van der Waals surface area contributed by atoms with Crippen molar-refractivity contribution in [1.82, 2.24) is 0 Å². The molecule has 1 atom stereocenters. The van der Waals surface area contributed by atoms with Crippen molar-refractivity contribution < 1.29 is 14.4 Å². The number of rotatable bonds is 4. The highest BCUT2D eigenvalue weighted by molar-refractivity contribution is 6.36. The van der Waals surface area contributed by atoms with Gasteiger partial charge in [0.05, 0.1) is 16.6 Å². The molecule has 0 bridgehead atoms. The molecule has 1 aliphatic rings. The molecule has 2 aromatic rings. The van der Waals surface area contributed by atoms with Crippen molar-refractivity contribution in [2.45, 2.75) is 13.3 Å². The smallest absolute Gasteiger partial charge is 0.229 e. The minimum Gasteiger partial charge on any atom is -0.326 e. The highest BCUT2D eigenvalue weighted by Gasteiger charge is 2.35. The molecular formula is C19H17Cl2N3O3. The molecule has 140 valence electrons. The summed E-state index contributed by atoms with van der Waals surface area (Å²) >= 11 is 11.9. The Kier molecular flexibility index (Phi) is 5.68. The molecule has 0 aliphatic carbocycles. The highest BCUT2D eigenvalue weighted by atomic mass is 35.5. The summed E-state index contributed by atoms with van der Waals surface area (Å²) in [5.41, 5.74) is 1.77. The fraction of sp³-hybridized carbons (Fsp3) is 0.211. The van der Waals surface area contributed by atoms with E-state index in [1.807, 2.05) is 0 Å². The molecule has 2 aromatic carbocycles. The van der Waals surface area contributed by atoms with Crippen LogP contribution in [0, 0.1) is 5.92 Å². The first-order valence-corrected chi connectivity index (χ1v) is 9.03. The number of hydrogen-bond donors (Lipinski definition) is 2. The van der Waals surface area contributed by atoms with Gasteiger partial charge in [-0.2, -0.15) is 0 Å². The van der Waals surface area contributed by atoms with E-state index in [4.69, 9.17) is 23.2 Å². The van der Waals surface area contributed by atoms with Gasteiger partial charge < -0.3 is 15.5 Å². The normalized spacial score (nSPS) is 16.3. The number of amides is 3. The average Bonchev–Trinajstić information content (AvgIpc) is 2.99. The van der Waals surface area contributed by atoms with E-state index in [9.17, 15) is 14.4 Å². The Bertz CT molecular complexity index is 900. The standard InChI is InChI=1S/C19H17Cl2N3O3/c1-11(25)22-14-3-5-15(6-4-14)24-10-12(8-18(24)26)19(27)23-17-7-2-13(20)9-16(17)21/h2-7,9,12H,8,10H2,1H3,(H,22,25)(H,23,27). The van der Waals surface area contributed by atoms with E-state index >= 15 is 0 Å². The molecule has 0 radical (unpaired) electrons. The predicted octanol–water partition coefficient (Wildman–Crippen LogP) is 3.94. The Morgan fingerprint density at radius 1 is 1.07 bits per heavy atom. The summed E-state index contributed by atoms with van der Waals surface area (Å²) in [7, 11) is 0. The molecule has 2 N–H and O–H groups in total. The summed E-state index contributed by atoms with van der Waals surface area (Å²) in [6.07, 6.45) is 0.116. The van der Waals surface area contributed by atoms with E-state index in [0.29, 0.717) is 27.1 Å². The van der Waals surface area contributed by atoms with E-state index in [2.05, 4.69) is 10.6 Å². The van der Waals surface area contributed by atoms with Gasteiger partial charge in [0.25, 0.3) is 0 Å². The van der Waals surface area contributed by atoms with Crippen LogP contribution in [0.3, 0.4) is 0 Å². The molecule has 0 aromatic heterocycles. The fourth-order valence-corrected chi connectivity index (χ4v) is 3.34. The SMILES string of the molecule is CC(=O)Nc1ccc(N2CC(C(=O)Nc3ccc(Cl)cc3Cl)CC2=O)cc1. The minimum atomic E-state index is -0.487. The van der Waals surface area contributed by atoms with E-state index in [1.54, 1.807) is 47.4 Å². The number of halogens is 2. The van der Waals surface area contributed by atoms with Gasteiger partial charge >= 0.3 is 0 Å². The number of hydrogen-bond acceptors (Lipinski definition) is 3. The van der Waals surface area contributed by atoms with Crippen LogP contribution in [-0.4, -0.2) is 24.3 Å². The topological polar surface area (TPSA) is 78.5 Å². The van der Waals surface area contributed by atoms with Crippen molar-refractivity contribution in [3.8, 4) is 0 Å². The van der Waals surface area contributed by atoms with Crippen LogP contribution in [0.5, 0.6) is 0 Å². The third kappa shape index (κ3) is 4.59. The van der Waals surface area contributed by atoms with Crippen LogP contribution in [0.1, 0.15) is 13.3 Å². The van der Waals surface area contributed by atoms with Crippen LogP contribution >= 0.6 is 23.2 Å². The van der Waals surface area contributed by atoms with Crippen molar-refractivity contribution in [3.05, 3.63) is 52.5 Å². The predicted molar refractivity (Wildman–Crippen MR) is 106 cm³/mol. The summed E-state index contributed by atoms with van der Waals surface area (Å²) in [4.78, 5) is 37.5. The lowest BCUT2D eigenvalue weighted by molar-refractivity contribution is -0.122. The van der Waals surface area contributed by atoms with Gasteiger partial charge in [0.1, 0.15) is 0 Å². The molecule has 1 aliphatic heterocycles. The molecule has 1 heterocycles. The largest absolute Gasteiger partial charge is 0.326 e. The van der Waals surface area contributed by atoms with Crippen LogP contribution in [0.25, 0.3) is 0 Å². The monoisotopic (exact) mass is 405 g/mol. The lowest BCUT2D eigenvalue weighted by atomic mass is 10.1. The summed E-state index contributed by atoms with van der Waals surface area (Å²) in [5.74, 6) is -1.06. The van der Waals surface area contributed by atoms with Crippen LogP contribution in [-0.2, 0) is 14.4 Å². The van der Waals surface area contributed by atoms with Gasteiger partial charge in [-0.1, -0.05) is 23.2 Å². The fourth-order valence-electron chi connectivity index (χ4n) is 2.89. The first kappa shape index (κ1) is 19.2. The number of nitrogens with zero attached hydrogens (tertiary/aromatic N) is 1. The molecule has 8 heteroatoms. The van der Waals surface area contributed by atoms with Crippen LogP contribution in [0.4, 0.5) is 17.1 Å².